The molecule has 0 heterocycles. The van der Waals surface area contributed by atoms with Crippen LogP contribution in [-0.4, -0.2) is 32.6 Å². The van der Waals surface area contributed by atoms with Crippen LogP contribution in [0.1, 0.15) is 20.3 Å². The summed E-state index contributed by atoms with van der Waals surface area (Å²) in [6, 6.07) is 5.82. The molecular weight excluding hydrogens is 308 g/mol. The molecule has 1 aromatic rings. The Morgan fingerprint density at radius 2 is 1.85 bits per heavy atom. The highest BCUT2D eigenvalue weighted by Gasteiger charge is 2.30. The van der Waals surface area contributed by atoms with Gasteiger partial charge in [-0.2, -0.15) is 8.78 Å². The van der Waals surface area contributed by atoms with Gasteiger partial charge in [0.15, 0.2) is 0 Å². The molecule has 0 aliphatic heterocycles. The van der Waals surface area contributed by atoms with Crippen LogP contribution in [0.25, 0.3) is 0 Å². The lowest BCUT2D eigenvalue weighted by Crippen LogP contribution is -2.33. The fourth-order valence-corrected chi connectivity index (χ4v) is 2.97. The van der Waals surface area contributed by atoms with Gasteiger partial charge in [0, 0.05) is 18.5 Å². The first kappa shape index (κ1) is 17.2. The predicted octanol–water partition coefficient (Wildman–Crippen LogP) is 3.53. The number of rotatable bonds is 7. The van der Waals surface area contributed by atoms with Crippen molar-refractivity contribution in [2.45, 2.75) is 37.0 Å². The lowest BCUT2D eigenvalue weighted by molar-refractivity contribution is 0.234. The molecule has 0 saturated heterocycles. The number of alkyl halides is 3. The quantitative estimate of drug-likeness (QED) is 0.720. The zero-order valence-corrected chi connectivity index (χ0v) is 13.0. The summed E-state index contributed by atoms with van der Waals surface area (Å²) < 4.78 is 49.0. The van der Waals surface area contributed by atoms with Crippen molar-refractivity contribution in [2.75, 3.05) is 17.3 Å². The maximum atomic E-state index is 12.8. The van der Waals surface area contributed by atoms with Crippen molar-refractivity contribution in [1.29, 1.82) is 0 Å². The van der Waals surface area contributed by atoms with E-state index in [0.29, 0.717) is 24.5 Å². The smallest absolute Gasteiger partial charge is 0.341 e. The molecule has 0 aliphatic carbocycles. The Labute approximate surface area is 123 Å². The van der Waals surface area contributed by atoms with E-state index in [0.717, 1.165) is 0 Å². The first-order valence-electron chi connectivity index (χ1n) is 6.26. The molecule has 0 amide bonds. The van der Waals surface area contributed by atoms with Gasteiger partial charge in [-0.3, -0.25) is 0 Å². The zero-order valence-electron chi connectivity index (χ0n) is 11.4. The van der Waals surface area contributed by atoms with Crippen LogP contribution in [0, 0.1) is 0 Å². The fraction of sp³-hybridized carbons (Fsp3) is 0.538. The molecule has 0 radical (unpaired) electrons. The van der Waals surface area contributed by atoms with E-state index < -0.39 is 15.6 Å². The van der Waals surface area contributed by atoms with Crippen molar-refractivity contribution in [3.05, 3.63) is 24.3 Å². The molecule has 7 heteroatoms. The van der Waals surface area contributed by atoms with Crippen LogP contribution >= 0.6 is 11.6 Å². The largest absolute Gasteiger partial charge is 0.368 e. The summed E-state index contributed by atoms with van der Waals surface area (Å²) in [7, 11) is -4.62. The third-order valence-corrected chi connectivity index (χ3v) is 4.57. The zero-order chi connectivity index (χ0) is 15.3. The maximum absolute atomic E-state index is 12.8. The van der Waals surface area contributed by atoms with Gasteiger partial charge in [0.05, 0.1) is 10.6 Å². The minimum Gasteiger partial charge on any atom is -0.368 e. The van der Waals surface area contributed by atoms with Crippen LogP contribution in [0.15, 0.2) is 29.2 Å². The number of benzene rings is 1. The third-order valence-electron chi connectivity index (χ3n) is 2.87. The molecule has 0 saturated carbocycles. The van der Waals surface area contributed by atoms with E-state index in [-0.39, 0.29) is 10.9 Å². The van der Waals surface area contributed by atoms with E-state index in [4.69, 9.17) is 11.6 Å². The summed E-state index contributed by atoms with van der Waals surface area (Å²) in [4.78, 5) is 1.44. The highest BCUT2D eigenvalue weighted by molar-refractivity contribution is 7.91. The van der Waals surface area contributed by atoms with E-state index in [1.807, 2.05) is 13.8 Å². The fourth-order valence-electron chi connectivity index (χ4n) is 1.92. The molecule has 0 fully saturated rings. The van der Waals surface area contributed by atoms with E-state index >= 15 is 0 Å². The summed E-state index contributed by atoms with van der Waals surface area (Å²) in [5, 5.41) is 0. The first-order valence-corrected chi connectivity index (χ1v) is 8.34. The minimum atomic E-state index is -4.62. The molecule has 1 aromatic carbocycles. The summed E-state index contributed by atoms with van der Waals surface area (Å²) in [6.45, 7) is 4.26. The van der Waals surface area contributed by atoms with Gasteiger partial charge < -0.3 is 4.90 Å². The molecule has 0 atom stereocenters. The second-order valence-electron chi connectivity index (χ2n) is 4.60. The number of nitrogens with zero attached hydrogens (tertiary/aromatic N) is 1. The van der Waals surface area contributed by atoms with E-state index in [1.54, 1.807) is 17.0 Å². The van der Waals surface area contributed by atoms with Crippen molar-refractivity contribution >= 4 is 27.1 Å². The number of anilines is 1. The summed E-state index contributed by atoms with van der Waals surface area (Å²) >= 11 is 5.65. The van der Waals surface area contributed by atoms with Crippen molar-refractivity contribution in [2.24, 2.45) is 0 Å². The number of halogens is 3. The standard InChI is InChI=1S/C13H18ClF2NO2S/c1-10(2)17(9-5-8-14)11-6-3-4-7-12(11)20(18,19)13(15)16/h3-4,6-7,10,13H,5,8-9H2,1-2H3. The normalized spacial score (nSPS) is 12.2. The Morgan fingerprint density at radius 1 is 1.25 bits per heavy atom. The van der Waals surface area contributed by atoms with E-state index in [1.165, 1.54) is 12.1 Å². The van der Waals surface area contributed by atoms with Crippen LogP contribution in [0.2, 0.25) is 0 Å². The van der Waals surface area contributed by atoms with Crippen LogP contribution < -0.4 is 4.90 Å². The van der Waals surface area contributed by atoms with Gasteiger partial charge in [-0.05, 0) is 32.4 Å². The average molecular weight is 326 g/mol. The molecule has 0 aliphatic rings. The molecule has 0 spiro atoms. The Morgan fingerprint density at radius 3 is 2.35 bits per heavy atom. The van der Waals surface area contributed by atoms with Crippen LogP contribution in [0.3, 0.4) is 0 Å². The lowest BCUT2D eigenvalue weighted by atomic mass is 10.2. The Balaban J connectivity index is 3.30. The van der Waals surface area contributed by atoms with Crippen molar-refractivity contribution < 1.29 is 17.2 Å². The van der Waals surface area contributed by atoms with Gasteiger partial charge in [0.25, 0.3) is 0 Å². The number of sulfone groups is 1. The second-order valence-corrected chi connectivity index (χ2v) is 6.87. The van der Waals surface area contributed by atoms with E-state index in [2.05, 4.69) is 0 Å². The van der Waals surface area contributed by atoms with Crippen molar-refractivity contribution in [3.63, 3.8) is 0 Å². The molecule has 0 bridgehead atoms. The Kier molecular flexibility index (Phi) is 6.20. The molecule has 0 N–H and O–H groups in total. The van der Waals surface area contributed by atoms with Crippen LogP contribution in [0.5, 0.6) is 0 Å². The topological polar surface area (TPSA) is 37.4 Å². The van der Waals surface area contributed by atoms with Crippen molar-refractivity contribution in [3.8, 4) is 0 Å². The Hall–Kier alpha value is -0.880. The Bertz CT molecular complexity index is 535. The van der Waals surface area contributed by atoms with Gasteiger partial charge in [-0.15, -0.1) is 11.6 Å². The lowest BCUT2D eigenvalue weighted by Gasteiger charge is -2.30. The number of hydrogen-bond acceptors (Lipinski definition) is 3. The molecule has 114 valence electrons. The molecular formula is C13H18ClF2NO2S. The molecule has 0 aromatic heterocycles. The summed E-state index contributed by atoms with van der Waals surface area (Å²) in [5.74, 6) is -3.00. The van der Waals surface area contributed by atoms with E-state index in [9.17, 15) is 17.2 Å². The monoisotopic (exact) mass is 325 g/mol. The van der Waals surface area contributed by atoms with Gasteiger partial charge in [-0.25, -0.2) is 8.42 Å². The summed E-state index contributed by atoms with van der Waals surface area (Å²) in [5.41, 5.74) is 0.299. The molecule has 20 heavy (non-hydrogen) atoms. The highest BCUT2D eigenvalue weighted by atomic mass is 35.5. The summed E-state index contributed by atoms with van der Waals surface area (Å²) in [6.07, 6.45) is 0.642. The molecule has 3 nitrogen and oxygen atoms in total. The van der Waals surface area contributed by atoms with Crippen molar-refractivity contribution in [1.82, 2.24) is 0 Å². The number of para-hydroxylation sites is 1. The highest BCUT2D eigenvalue weighted by Crippen LogP contribution is 2.30. The average Bonchev–Trinajstić information content (AvgIpc) is 2.39. The third kappa shape index (κ3) is 3.82. The van der Waals surface area contributed by atoms with Gasteiger partial charge >= 0.3 is 5.76 Å². The van der Waals surface area contributed by atoms with Gasteiger partial charge in [0.2, 0.25) is 9.84 Å². The predicted molar refractivity (Wildman–Crippen MR) is 77.5 cm³/mol. The van der Waals surface area contributed by atoms with Gasteiger partial charge in [-0.1, -0.05) is 12.1 Å². The first-order chi connectivity index (χ1) is 9.32. The minimum absolute atomic E-state index is 0.0211. The number of hydrogen-bond donors (Lipinski definition) is 0. The maximum Gasteiger partial charge on any atom is 0.341 e. The van der Waals surface area contributed by atoms with Crippen LogP contribution in [0.4, 0.5) is 14.5 Å². The molecule has 0 unspecified atom stereocenters. The SMILES string of the molecule is CC(C)N(CCCCl)c1ccccc1S(=O)(=O)C(F)F. The van der Waals surface area contributed by atoms with Gasteiger partial charge in [0.1, 0.15) is 0 Å². The van der Waals surface area contributed by atoms with Crippen LogP contribution in [-0.2, 0) is 9.84 Å². The molecule has 1 rings (SSSR count). The second kappa shape index (κ2) is 7.22.